The largest absolute Gasteiger partial charge is 0.352 e. The van der Waals surface area contributed by atoms with E-state index >= 15 is 0 Å². The van der Waals surface area contributed by atoms with Crippen molar-refractivity contribution in [2.45, 2.75) is 32.2 Å². The van der Waals surface area contributed by atoms with Crippen LogP contribution in [0, 0.1) is 0 Å². The molecule has 2 N–H and O–H groups in total. The third-order valence-corrected chi connectivity index (χ3v) is 4.59. The maximum Gasteiger partial charge on any atom is 0.270 e. The lowest BCUT2D eigenvalue weighted by atomic mass is 10.1. The SMILES string of the molecule is CC(F)(F)c1ccc(CNC(=O)CCC(=O)N2CC(=O)Nc3ccccc32)cc1. The van der Waals surface area contributed by atoms with E-state index in [1.807, 2.05) is 0 Å². The predicted octanol–water partition coefficient (Wildman–Crippen LogP) is 3.18. The summed E-state index contributed by atoms with van der Waals surface area (Å²) in [6.07, 6.45) is -0.0846. The Kier molecular flexibility index (Phi) is 5.91. The van der Waals surface area contributed by atoms with Gasteiger partial charge < -0.3 is 15.5 Å². The summed E-state index contributed by atoms with van der Waals surface area (Å²) in [7, 11) is 0. The minimum absolute atomic E-state index is 0.0375. The summed E-state index contributed by atoms with van der Waals surface area (Å²) in [5, 5.41) is 5.37. The van der Waals surface area contributed by atoms with Gasteiger partial charge in [0.2, 0.25) is 17.7 Å². The van der Waals surface area contributed by atoms with Crippen molar-refractivity contribution in [3.63, 3.8) is 0 Å². The van der Waals surface area contributed by atoms with E-state index in [2.05, 4.69) is 10.6 Å². The lowest BCUT2D eigenvalue weighted by molar-refractivity contribution is -0.125. The topological polar surface area (TPSA) is 78.5 Å². The number of fused-ring (bicyclic) bond motifs is 1. The zero-order valence-electron chi connectivity index (χ0n) is 15.9. The Morgan fingerprint density at radius 1 is 1.10 bits per heavy atom. The molecule has 152 valence electrons. The van der Waals surface area contributed by atoms with Crippen LogP contribution in [0.4, 0.5) is 20.2 Å². The van der Waals surface area contributed by atoms with Gasteiger partial charge in [-0.2, -0.15) is 0 Å². The van der Waals surface area contributed by atoms with Gasteiger partial charge in [0.25, 0.3) is 5.92 Å². The van der Waals surface area contributed by atoms with E-state index in [1.165, 1.54) is 29.2 Å². The summed E-state index contributed by atoms with van der Waals surface area (Å²) in [6, 6.07) is 12.7. The molecular weight excluding hydrogens is 380 g/mol. The Morgan fingerprint density at radius 2 is 1.79 bits per heavy atom. The number of nitrogens with one attached hydrogen (secondary N) is 2. The van der Waals surface area contributed by atoms with Crippen molar-refractivity contribution in [1.29, 1.82) is 0 Å². The summed E-state index contributed by atoms with van der Waals surface area (Å²) in [5.41, 5.74) is 1.75. The van der Waals surface area contributed by atoms with Crippen molar-refractivity contribution in [3.8, 4) is 0 Å². The van der Waals surface area contributed by atoms with E-state index in [4.69, 9.17) is 0 Å². The molecule has 0 saturated carbocycles. The second-order valence-electron chi connectivity index (χ2n) is 6.91. The summed E-state index contributed by atoms with van der Waals surface area (Å²) in [5.74, 6) is -3.86. The van der Waals surface area contributed by atoms with E-state index in [-0.39, 0.29) is 49.2 Å². The van der Waals surface area contributed by atoms with Crippen molar-refractivity contribution in [2.75, 3.05) is 16.8 Å². The molecule has 2 aromatic rings. The third-order valence-electron chi connectivity index (χ3n) is 4.59. The minimum atomic E-state index is -2.91. The zero-order chi connectivity index (χ0) is 21.0. The average Bonchev–Trinajstić information content (AvgIpc) is 2.69. The molecule has 3 rings (SSSR count). The first-order valence-corrected chi connectivity index (χ1v) is 9.17. The Bertz CT molecular complexity index is 924. The Balaban J connectivity index is 1.51. The van der Waals surface area contributed by atoms with Gasteiger partial charge in [0, 0.05) is 31.9 Å². The van der Waals surface area contributed by atoms with Crippen molar-refractivity contribution < 1.29 is 23.2 Å². The first kappa shape index (κ1) is 20.4. The first-order valence-electron chi connectivity index (χ1n) is 9.17. The van der Waals surface area contributed by atoms with Crippen LogP contribution in [-0.2, 0) is 26.9 Å². The number of amides is 3. The van der Waals surface area contributed by atoms with Crippen LogP contribution in [0.1, 0.15) is 30.9 Å². The maximum absolute atomic E-state index is 13.2. The van der Waals surface area contributed by atoms with E-state index in [0.717, 1.165) is 6.92 Å². The molecule has 1 heterocycles. The monoisotopic (exact) mass is 401 g/mol. The number of alkyl halides is 2. The van der Waals surface area contributed by atoms with E-state index < -0.39 is 5.92 Å². The number of benzene rings is 2. The van der Waals surface area contributed by atoms with Gasteiger partial charge >= 0.3 is 0 Å². The number of halogens is 2. The van der Waals surface area contributed by atoms with Gasteiger partial charge in [0.15, 0.2) is 0 Å². The quantitative estimate of drug-likeness (QED) is 0.780. The first-order chi connectivity index (χ1) is 13.7. The number of hydrogen-bond acceptors (Lipinski definition) is 3. The highest BCUT2D eigenvalue weighted by molar-refractivity contribution is 6.10. The molecule has 0 radical (unpaired) electrons. The normalized spacial score (nSPS) is 13.5. The molecule has 1 aliphatic rings. The second-order valence-corrected chi connectivity index (χ2v) is 6.91. The van der Waals surface area contributed by atoms with Crippen molar-refractivity contribution >= 4 is 29.1 Å². The molecule has 0 bridgehead atoms. The fourth-order valence-electron chi connectivity index (χ4n) is 3.02. The molecule has 0 aliphatic carbocycles. The highest BCUT2D eigenvalue weighted by Gasteiger charge is 2.26. The van der Waals surface area contributed by atoms with Crippen LogP contribution >= 0.6 is 0 Å². The number of nitrogens with zero attached hydrogens (tertiary/aromatic N) is 1. The Labute approximate surface area is 166 Å². The van der Waals surface area contributed by atoms with Gasteiger partial charge in [-0.15, -0.1) is 0 Å². The Hall–Kier alpha value is -3.29. The molecule has 0 spiro atoms. The summed E-state index contributed by atoms with van der Waals surface area (Å²) in [6.45, 7) is 0.911. The fourth-order valence-corrected chi connectivity index (χ4v) is 3.02. The standard InChI is InChI=1S/C21H21F2N3O3/c1-21(22,23)15-8-6-14(7-9-15)12-24-18(27)10-11-20(29)26-13-19(28)25-16-4-2-3-5-17(16)26/h2-9H,10-13H2,1H3,(H,24,27)(H,25,28). The molecule has 29 heavy (non-hydrogen) atoms. The highest BCUT2D eigenvalue weighted by atomic mass is 19.3. The fraction of sp³-hybridized carbons (Fsp3) is 0.286. The minimum Gasteiger partial charge on any atom is -0.352 e. The summed E-state index contributed by atoms with van der Waals surface area (Å²) < 4.78 is 26.4. The van der Waals surface area contributed by atoms with Gasteiger partial charge in [0.05, 0.1) is 11.4 Å². The summed E-state index contributed by atoms with van der Waals surface area (Å²) >= 11 is 0. The smallest absolute Gasteiger partial charge is 0.270 e. The van der Waals surface area contributed by atoms with Gasteiger partial charge in [-0.3, -0.25) is 14.4 Å². The molecule has 0 aromatic heterocycles. The third kappa shape index (κ3) is 5.16. The number of carbonyl (C=O) groups excluding carboxylic acids is 3. The summed E-state index contributed by atoms with van der Waals surface area (Å²) in [4.78, 5) is 37.7. The molecule has 0 fully saturated rings. The molecule has 3 amide bonds. The van der Waals surface area contributed by atoms with Crippen LogP contribution in [-0.4, -0.2) is 24.3 Å². The van der Waals surface area contributed by atoms with E-state index in [9.17, 15) is 23.2 Å². The van der Waals surface area contributed by atoms with Crippen LogP contribution in [0.25, 0.3) is 0 Å². The molecule has 8 heteroatoms. The molecular formula is C21H21F2N3O3. The molecule has 1 aliphatic heterocycles. The molecule has 0 unspecified atom stereocenters. The number of carbonyl (C=O) groups is 3. The zero-order valence-corrected chi connectivity index (χ0v) is 15.9. The number of anilines is 2. The van der Waals surface area contributed by atoms with E-state index in [0.29, 0.717) is 16.9 Å². The lowest BCUT2D eigenvalue weighted by Gasteiger charge is -2.29. The lowest BCUT2D eigenvalue weighted by Crippen LogP contribution is -2.42. The van der Waals surface area contributed by atoms with E-state index in [1.54, 1.807) is 24.3 Å². The number of para-hydroxylation sites is 2. The second kappa shape index (κ2) is 8.38. The predicted molar refractivity (Wildman–Crippen MR) is 105 cm³/mol. The van der Waals surface area contributed by atoms with Crippen LogP contribution in [0.2, 0.25) is 0 Å². The maximum atomic E-state index is 13.2. The van der Waals surface area contributed by atoms with Crippen LogP contribution < -0.4 is 15.5 Å². The average molecular weight is 401 g/mol. The van der Waals surface area contributed by atoms with Crippen molar-refractivity contribution in [1.82, 2.24) is 5.32 Å². The Morgan fingerprint density at radius 3 is 2.48 bits per heavy atom. The van der Waals surface area contributed by atoms with Gasteiger partial charge in [-0.05, 0) is 17.7 Å². The van der Waals surface area contributed by atoms with Gasteiger partial charge in [-0.1, -0.05) is 36.4 Å². The highest BCUT2D eigenvalue weighted by Crippen LogP contribution is 2.29. The van der Waals surface area contributed by atoms with Crippen molar-refractivity contribution in [2.24, 2.45) is 0 Å². The van der Waals surface area contributed by atoms with Crippen LogP contribution in [0.3, 0.4) is 0 Å². The number of rotatable bonds is 6. The molecule has 6 nitrogen and oxygen atoms in total. The van der Waals surface area contributed by atoms with Gasteiger partial charge in [0.1, 0.15) is 6.54 Å². The molecule has 0 atom stereocenters. The molecule has 2 aromatic carbocycles. The van der Waals surface area contributed by atoms with Crippen LogP contribution in [0.5, 0.6) is 0 Å². The van der Waals surface area contributed by atoms with Crippen molar-refractivity contribution in [3.05, 3.63) is 59.7 Å². The van der Waals surface area contributed by atoms with Crippen LogP contribution in [0.15, 0.2) is 48.5 Å². The van der Waals surface area contributed by atoms with Gasteiger partial charge in [-0.25, -0.2) is 8.78 Å². The number of hydrogen-bond donors (Lipinski definition) is 2. The molecule has 0 saturated heterocycles.